The molecule has 3 aromatic carbocycles. The van der Waals surface area contributed by atoms with E-state index >= 15 is 0 Å². The number of esters is 1. The summed E-state index contributed by atoms with van der Waals surface area (Å²) in [5, 5.41) is 22.5. The number of carbonyl (C=O) groups excluding carboxylic acids is 1. The largest absolute Gasteiger partial charge is 0.494 e. The zero-order chi connectivity index (χ0) is 25.7. The van der Waals surface area contributed by atoms with Crippen LogP contribution in [0.15, 0.2) is 48.5 Å². The standard InChI is InChI=1S/C23H16Cl2N2O8/c1-33-20-11-13(3-5-14-6-7-15(26(29)30)12-18(14)27(31)32)4-10-19(20)35-23(28)21-16(24)8-9-17(25)22(21)34-2/h3-12H,1-2H3/b5-3+. The van der Waals surface area contributed by atoms with Crippen molar-refractivity contribution in [3.8, 4) is 17.2 Å². The molecule has 0 fully saturated rings. The third kappa shape index (κ3) is 5.68. The number of methoxy groups -OCH3 is 2. The van der Waals surface area contributed by atoms with E-state index in [-0.39, 0.29) is 38.4 Å². The van der Waals surface area contributed by atoms with Gasteiger partial charge in [0.15, 0.2) is 17.2 Å². The first kappa shape index (κ1) is 25.5. The van der Waals surface area contributed by atoms with Gasteiger partial charge in [0.05, 0.1) is 45.7 Å². The lowest BCUT2D eigenvalue weighted by molar-refractivity contribution is -0.394. The van der Waals surface area contributed by atoms with Crippen molar-refractivity contribution in [2.24, 2.45) is 0 Å². The molecule has 0 atom stereocenters. The van der Waals surface area contributed by atoms with Crippen LogP contribution >= 0.6 is 23.2 Å². The van der Waals surface area contributed by atoms with Gasteiger partial charge in [-0.25, -0.2) is 4.79 Å². The number of rotatable bonds is 8. The Bertz CT molecular complexity index is 1360. The Hall–Kier alpha value is -4.15. The van der Waals surface area contributed by atoms with Crippen molar-refractivity contribution in [2.75, 3.05) is 14.2 Å². The molecule has 12 heteroatoms. The second-order valence-corrected chi connectivity index (χ2v) is 7.64. The number of halogens is 2. The maximum atomic E-state index is 12.8. The molecule has 0 unspecified atom stereocenters. The summed E-state index contributed by atoms with van der Waals surface area (Å²) in [5.74, 6) is -0.491. The molecule has 0 aromatic heterocycles. The molecule has 180 valence electrons. The first-order chi connectivity index (χ1) is 16.7. The fraction of sp³-hybridized carbons (Fsp3) is 0.0870. The lowest BCUT2D eigenvalue weighted by atomic mass is 10.1. The van der Waals surface area contributed by atoms with Gasteiger partial charge in [0, 0.05) is 6.07 Å². The Balaban J connectivity index is 1.89. The number of hydrogen-bond acceptors (Lipinski definition) is 8. The van der Waals surface area contributed by atoms with Gasteiger partial charge in [0.2, 0.25) is 0 Å². The van der Waals surface area contributed by atoms with Gasteiger partial charge in [-0.1, -0.05) is 35.3 Å². The molecule has 10 nitrogen and oxygen atoms in total. The van der Waals surface area contributed by atoms with Crippen LogP contribution < -0.4 is 14.2 Å². The van der Waals surface area contributed by atoms with E-state index in [1.165, 1.54) is 56.7 Å². The summed E-state index contributed by atoms with van der Waals surface area (Å²) in [6, 6.07) is 10.8. The normalized spacial score (nSPS) is 10.7. The first-order valence-corrected chi connectivity index (χ1v) is 10.4. The van der Waals surface area contributed by atoms with Gasteiger partial charge in [0.25, 0.3) is 11.4 Å². The molecule has 0 spiro atoms. The molecular formula is C23H16Cl2N2O8. The molecule has 0 aliphatic heterocycles. The molecule has 0 heterocycles. The van der Waals surface area contributed by atoms with Gasteiger partial charge in [0.1, 0.15) is 5.56 Å². The highest BCUT2D eigenvalue weighted by molar-refractivity contribution is 6.37. The van der Waals surface area contributed by atoms with E-state index in [0.717, 1.165) is 6.07 Å². The topological polar surface area (TPSA) is 131 Å². The van der Waals surface area contributed by atoms with Crippen molar-refractivity contribution < 1.29 is 28.9 Å². The van der Waals surface area contributed by atoms with E-state index in [0.29, 0.717) is 5.56 Å². The van der Waals surface area contributed by atoms with Crippen LogP contribution in [0.4, 0.5) is 11.4 Å². The van der Waals surface area contributed by atoms with Crippen molar-refractivity contribution >= 4 is 52.7 Å². The van der Waals surface area contributed by atoms with Gasteiger partial charge in [-0.05, 0) is 42.0 Å². The number of carbonyl (C=O) groups is 1. The first-order valence-electron chi connectivity index (χ1n) is 9.69. The van der Waals surface area contributed by atoms with Gasteiger partial charge in [-0.15, -0.1) is 0 Å². The lowest BCUT2D eigenvalue weighted by Crippen LogP contribution is -2.12. The SMILES string of the molecule is COc1cc(/C=C/c2ccc([N+](=O)[O-])cc2[N+](=O)[O-])ccc1OC(=O)c1c(Cl)ccc(Cl)c1OC. The summed E-state index contributed by atoms with van der Waals surface area (Å²) in [7, 11) is 2.71. The van der Waals surface area contributed by atoms with Crippen LogP contribution in [0.3, 0.4) is 0 Å². The van der Waals surface area contributed by atoms with Crippen molar-refractivity contribution in [3.05, 3.63) is 95.5 Å². The van der Waals surface area contributed by atoms with E-state index in [9.17, 15) is 25.0 Å². The van der Waals surface area contributed by atoms with Gasteiger partial charge in [-0.2, -0.15) is 0 Å². The van der Waals surface area contributed by atoms with Gasteiger partial charge >= 0.3 is 5.97 Å². The van der Waals surface area contributed by atoms with Gasteiger partial charge < -0.3 is 14.2 Å². The molecule has 0 amide bonds. The molecular weight excluding hydrogens is 503 g/mol. The van der Waals surface area contributed by atoms with Crippen LogP contribution in [-0.4, -0.2) is 30.0 Å². The number of non-ortho nitro benzene ring substituents is 1. The molecule has 3 aromatic rings. The molecule has 0 bridgehead atoms. The average Bonchev–Trinajstić information content (AvgIpc) is 2.84. The Labute approximate surface area is 208 Å². The minimum Gasteiger partial charge on any atom is -0.494 e. The molecule has 0 saturated heterocycles. The zero-order valence-electron chi connectivity index (χ0n) is 18.2. The van der Waals surface area contributed by atoms with E-state index in [1.54, 1.807) is 12.1 Å². The molecule has 0 N–H and O–H groups in total. The molecule has 0 aliphatic rings. The average molecular weight is 519 g/mol. The summed E-state index contributed by atoms with van der Waals surface area (Å²) >= 11 is 12.2. The Kier molecular flexibility index (Phi) is 7.90. The fourth-order valence-corrected chi connectivity index (χ4v) is 3.54. The summed E-state index contributed by atoms with van der Waals surface area (Å²) in [6.07, 6.45) is 2.97. The van der Waals surface area contributed by atoms with Crippen LogP contribution in [0, 0.1) is 20.2 Å². The highest BCUT2D eigenvalue weighted by Crippen LogP contribution is 2.36. The van der Waals surface area contributed by atoms with Gasteiger partial charge in [-0.3, -0.25) is 20.2 Å². The minimum atomic E-state index is -0.822. The summed E-state index contributed by atoms with van der Waals surface area (Å²) in [4.78, 5) is 33.6. The van der Waals surface area contributed by atoms with Crippen molar-refractivity contribution in [1.82, 2.24) is 0 Å². The summed E-state index contributed by atoms with van der Waals surface area (Å²) in [6.45, 7) is 0. The van der Waals surface area contributed by atoms with E-state index < -0.39 is 27.2 Å². The monoisotopic (exact) mass is 518 g/mol. The quantitative estimate of drug-likeness (QED) is 0.113. The van der Waals surface area contributed by atoms with Crippen LogP contribution in [0.25, 0.3) is 12.2 Å². The molecule has 35 heavy (non-hydrogen) atoms. The third-order valence-electron chi connectivity index (χ3n) is 4.73. The Morgan fingerprint density at radius 3 is 2.20 bits per heavy atom. The second kappa shape index (κ2) is 10.9. The van der Waals surface area contributed by atoms with Crippen LogP contribution in [0.2, 0.25) is 10.0 Å². The number of ether oxygens (including phenoxy) is 3. The smallest absolute Gasteiger partial charge is 0.349 e. The summed E-state index contributed by atoms with van der Waals surface area (Å²) < 4.78 is 15.9. The number of hydrogen-bond donors (Lipinski definition) is 0. The summed E-state index contributed by atoms with van der Waals surface area (Å²) in [5.41, 5.74) is -0.151. The number of nitro benzene ring substituents is 2. The Morgan fingerprint density at radius 2 is 1.57 bits per heavy atom. The van der Waals surface area contributed by atoms with Crippen molar-refractivity contribution in [2.45, 2.75) is 0 Å². The van der Waals surface area contributed by atoms with Crippen LogP contribution in [-0.2, 0) is 0 Å². The maximum absolute atomic E-state index is 12.8. The van der Waals surface area contributed by atoms with Crippen LogP contribution in [0.1, 0.15) is 21.5 Å². The predicted molar refractivity (Wildman–Crippen MR) is 130 cm³/mol. The fourth-order valence-electron chi connectivity index (χ4n) is 3.08. The highest BCUT2D eigenvalue weighted by Gasteiger charge is 2.23. The number of benzene rings is 3. The maximum Gasteiger partial charge on any atom is 0.349 e. The van der Waals surface area contributed by atoms with Crippen molar-refractivity contribution in [1.29, 1.82) is 0 Å². The zero-order valence-corrected chi connectivity index (χ0v) is 19.7. The van der Waals surface area contributed by atoms with E-state index in [2.05, 4.69) is 0 Å². The third-order valence-corrected chi connectivity index (χ3v) is 5.35. The van der Waals surface area contributed by atoms with E-state index in [1.807, 2.05) is 0 Å². The van der Waals surface area contributed by atoms with Crippen molar-refractivity contribution in [3.63, 3.8) is 0 Å². The molecule has 0 saturated carbocycles. The van der Waals surface area contributed by atoms with Crippen LogP contribution in [0.5, 0.6) is 17.2 Å². The second-order valence-electron chi connectivity index (χ2n) is 6.83. The predicted octanol–water partition coefficient (Wildman–Crippen LogP) is 6.22. The highest BCUT2D eigenvalue weighted by atomic mass is 35.5. The number of nitro groups is 2. The molecule has 3 rings (SSSR count). The minimum absolute atomic E-state index is 0.0572. The van der Waals surface area contributed by atoms with E-state index in [4.69, 9.17) is 37.4 Å². The lowest BCUT2D eigenvalue weighted by Gasteiger charge is -2.13. The molecule has 0 radical (unpaired) electrons. The Morgan fingerprint density at radius 1 is 0.857 bits per heavy atom. The molecule has 0 aliphatic carbocycles. The number of nitrogens with zero attached hydrogens (tertiary/aromatic N) is 2.